The Kier molecular flexibility index (Phi) is 8.28. The minimum atomic E-state index is -3.72. The maximum atomic E-state index is 13.0. The molecule has 2 amide bonds. The van der Waals surface area contributed by atoms with Crippen molar-refractivity contribution in [1.82, 2.24) is 9.62 Å². The summed E-state index contributed by atoms with van der Waals surface area (Å²) in [4.78, 5) is 25.6. The molecule has 0 saturated carbocycles. The van der Waals surface area contributed by atoms with Gasteiger partial charge in [0, 0.05) is 24.7 Å². The lowest BCUT2D eigenvalue weighted by Crippen LogP contribution is -2.43. The molecule has 1 aliphatic heterocycles. The lowest BCUT2D eigenvalue weighted by atomic mass is 9.98. The maximum absolute atomic E-state index is 13.0. The van der Waals surface area contributed by atoms with Crippen LogP contribution in [0.15, 0.2) is 53.4 Å². The zero-order chi connectivity index (χ0) is 23.1. The van der Waals surface area contributed by atoms with Crippen molar-refractivity contribution in [2.45, 2.75) is 37.5 Å². The third-order valence-electron chi connectivity index (χ3n) is 5.45. The average molecular weight is 478 g/mol. The second-order valence-corrected chi connectivity index (χ2v) is 10.2. The van der Waals surface area contributed by atoms with Gasteiger partial charge in [0.2, 0.25) is 15.9 Å². The summed E-state index contributed by atoms with van der Waals surface area (Å²) in [6.07, 6.45) is 2.99. The minimum absolute atomic E-state index is 0.0850. The molecular weight excluding hydrogens is 450 g/mol. The van der Waals surface area contributed by atoms with Crippen molar-refractivity contribution >= 4 is 39.1 Å². The zero-order valence-corrected chi connectivity index (χ0v) is 19.6. The second-order valence-electron chi connectivity index (χ2n) is 7.80. The van der Waals surface area contributed by atoms with Gasteiger partial charge in [0.1, 0.15) is 0 Å². The van der Waals surface area contributed by atoms with Crippen LogP contribution in [0.25, 0.3) is 0 Å². The molecule has 1 aliphatic rings. The first kappa shape index (κ1) is 24.2. The molecule has 32 heavy (non-hydrogen) atoms. The number of benzene rings is 2. The summed E-state index contributed by atoms with van der Waals surface area (Å²) in [6.45, 7) is 3.05. The Hall–Kier alpha value is -2.42. The molecule has 2 N–H and O–H groups in total. The topological polar surface area (TPSA) is 95.6 Å². The second kappa shape index (κ2) is 10.9. The number of amides is 2. The van der Waals surface area contributed by atoms with Gasteiger partial charge in [0.25, 0.3) is 5.91 Å². The van der Waals surface area contributed by atoms with E-state index in [1.165, 1.54) is 28.6 Å². The van der Waals surface area contributed by atoms with Crippen molar-refractivity contribution in [1.29, 1.82) is 0 Å². The molecule has 0 spiro atoms. The van der Waals surface area contributed by atoms with Gasteiger partial charge in [0.15, 0.2) is 0 Å². The van der Waals surface area contributed by atoms with Gasteiger partial charge in [-0.3, -0.25) is 9.59 Å². The number of carbonyl (C=O) groups excluding carboxylic acids is 2. The first-order valence-electron chi connectivity index (χ1n) is 10.8. The normalized spacial score (nSPS) is 17.0. The Bertz CT molecular complexity index is 1060. The lowest BCUT2D eigenvalue weighted by molar-refractivity contribution is -0.120. The Morgan fingerprint density at radius 1 is 1.12 bits per heavy atom. The van der Waals surface area contributed by atoms with E-state index in [1.54, 1.807) is 24.3 Å². The summed E-state index contributed by atoms with van der Waals surface area (Å²) >= 11 is 5.87. The standard InChI is InChI=1S/C23H28ClN3O4S/c1-2-3-14-25-23(29)20-8-4-5-9-21(20)26-22(28)17-7-6-15-27(16-17)32(30,31)19-12-10-18(24)11-13-19/h4-5,8-13,17H,2-3,6-7,14-16H2,1H3,(H,25,29)(H,26,28)/t17-/m0/s1. The average Bonchev–Trinajstić information content (AvgIpc) is 2.80. The number of sulfonamides is 1. The number of nitrogens with zero attached hydrogens (tertiary/aromatic N) is 1. The van der Waals surface area contributed by atoms with Gasteiger partial charge in [-0.25, -0.2) is 8.42 Å². The van der Waals surface area contributed by atoms with E-state index in [2.05, 4.69) is 10.6 Å². The van der Waals surface area contributed by atoms with E-state index in [9.17, 15) is 18.0 Å². The summed E-state index contributed by atoms with van der Waals surface area (Å²) in [5, 5.41) is 6.14. The van der Waals surface area contributed by atoms with Gasteiger partial charge in [0.05, 0.1) is 22.1 Å². The van der Waals surface area contributed by atoms with Crippen LogP contribution >= 0.6 is 11.6 Å². The van der Waals surface area contributed by atoms with Gasteiger partial charge in [-0.15, -0.1) is 0 Å². The highest BCUT2D eigenvalue weighted by Crippen LogP contribution is 2.26. The third kappa shape index (κ3) is 5.88. The summed E-state index contributed by atoms with van der Waals surface area (Å²) in [6, 6.07) is 12.8. The quantitative estimate of drug-likeness (QED) is 0.563. The Morgan fingerprint density at radius 3 is 2.56 bits per heavy atom. The summed E-state index contributed by atoms with van der Waals surface area (Å²) in [5.41, 5.74) is 0.808. The molecule has 9 heteroatoms. The summed E-state index contributed by atoms with van der Waals surface area (Å²) < 4.78 is 27.3. The molecule has 3 rings (SSSR count). The maximum Gasteiger partial charge on any atom is 0.253 e. The van der Waals surface area contributed by atoms with Crippen LogP contribution in [0.3, 0.4) is 0 Å². The Balaban J connectivity index is 1.70. The van der Waals surface area contributed by atoms with Crippen LogP contribution in [-0.2, 0) is 14.8 Å². The van der Waals surface area contributed by atoms with E-state index >= 15 is 0 Å². The molecule has 7 nitrogen and oxygen atoms in total. The van der Waals surface area contributed by atoms with Crippen LogP contribution < -0.4 is 10.6 Å². The molecule has 1 atom stereocenters. The van der Waals surface area contributed by atoms with Crippen LogP contribution in [-0.4, -0.2) is 44.2 Å². The molecule has 1 saturated heterocycles. The molecule has 0 aliphatic carbocycles. The highest BCUT2D eigenvalue weighted by Gasteiger charge is 2.33. The fraction of sp³-hybridized carbons (Fsp3) is 0.391. The number of nitrogens with one attached hydrogen (secondary N) is 2. The first-order valence-corrected chi connectivity index (χ1v) is 12.6. The van der Waals surface area contributed by atoms with Gasteiger partial charge >= 0.3 is 0 Å². The molecule has 1 heterocycles. The predicted molar refractivity (Wildman–Crippen MR) is 125 cm³/mol. The Morgan fingerprint density at radius 2 is 1.84 bits per heavy atom. The van der Waals surface area contributed by atoms with Crippen molar-refractivity contribution in [3.8, 4) is 0 Å². The van der Waals surface area contributed by atoms with E-state index in [-0.39, 0.29) is 23.3 Å². The molecule has 2 aromatic carbocycles. The number of piperidine rings is 1. The molecule has 0 bridgehead atoms. The summed E-state index contributed by atoms with van der Waals surface area (Å²) in [7, 11) is -3.72. The largest absolute Gasteiger partial charge is 0.352 e. The van der Waals surface area contributed by atoms with Crippen molar-refractivity contribution in [3.05, 3.63) is 59.1 Å². The molecule has 1 fully saturated rings. The van der Waals surface area contributed by atoms with Crippen LogP contribution in [0.5, 0.6) is 0 Å². The molecule has 0 aromatic heterocycles. The van der Waals surface area contributed by atoms with Crippen LogP contribution in [0.2, 0.25) is 5.02 Å². The highest BCUT2D eigenvalue weighted by atomic mass is 35.5. The number of anilines is 1. The fourth-order valence-electron chi connectivity index (χ4n) is 3.63. The van der Waals surface area contributed by atoms with E-state index in [0.717, 1.165) is 12.8 Å². The van der Waals surface area contributed by atoms with Crippen molar-refractivity contribution < 1.29 is 18.0 Å². The van der Waals surface area contributed by atoms with E-state index in [1.807, 2.05) is 6.92 Å². The van der Waals surface area contributed by atoms with Crippen LogP contribution in [0, 0.1) is 5.92 Å². The van der Waals surface area contributed by atoms with Crippen LogP contribution in [0.1, 0.15) is 43.0 Å². The van der Waals surface area contributed by atoms with E-state index < -0.39 is 15.9 Å². The molecular formula is C23H28ClN3O4S. The van der Waals surface area contributed by atoms with Gasteiger partial charge in [-0.1, -0.05) is 37.1 Å². The van der Waals surface area contributed by atoms with Gasteiger partial charge in [-0.05, 0) is 55.7 Å². The summed E-state index contributed by atoms with van der Waals surface area (Å²) in [5.74, 6) is -1.05. The lowest BCUT2D eigenvalue weighted by Gasteiger charge is -2.31. The van der Waals surface area contributed by atoms with Crippen molar-refractivity contribution in [2.24, 2.45) is 5.92 Å². The van der Waals surface area contributed by atoms with Crippen molar-refractivity contribution in [2.75, 3.05) is 25.0 Å². The third-order valence-corrected chi connectivity index (χ3v) is 7.58. The van der Waals surface area contributed by atoms with Crippen molar-refractivity contribution in [3.63, 3.8) is 0 Å². The predicted octanol–water partition coefficient (Wildman–Crippen LogP) is 3.91. The minimum Gasteiger partial charge on any atom is -0.352 e. The molecule has 0 radical (unpaired) electrons. The highest BCUT2D eigenvalue weighted by molar-refractivity contribution is 7.89. The monoisotopic (exact) mass is 477 g/mol. The molecule has 0 unspecified atom stereocenters. The van der Waals surface area contributed by atoms with E-state index in [4.69, 9.17) is 11.6 Å². The number of halogens is 1. The molecule has 172 valence electrons. The smallest absolute Gasteiger partial charge is 0.253 e. The number of unbranched alkanes of at least 4 members (excludes halogenated alkanes) is 1. The number of hydrogen-bond donors (Lipinski definition) is 2. The molecule has 2 aromatic rings. The Labute approximate surface area is 194 Å². The number of carbonyl (C=O) groups is 2. The number of rotatable bonds is 8. The van der Waals surface area contributed by atoms with Gasteiger partial charge < -0.3 is 10.6 Å². The first-order chi connectivity index (χ1) is 15.3. The fourth-order valence-corrected chi connectivity index (χ4v) is 5.28. The van der Waals surface area contributed by atoms with E-state index in [0.29, 0.717) is 42.2 Å². The number of para-hydroxylation sites is 1. The van der Waals surface area contributed by atoms with Gasteiger partial charge in [-0.2, -0.15) is 4.31 Å². The number of hydrogen-bond acceptors (Lipinski definition) is 4. The van der Waals surface area contributed by atoms with Crippen LogP contribution in [0.4, 0.5) is 5.69 Å². The zero-order valence-electron chi connectivity index (χ0n) is 18.0. The SMILES string of the molecule is CCCCNC(=O)c1ccccc1NC(=O)[C@H]1CCCN(S(=O)(=O)c2ccc(Cl)cc2)C1.